The lowest BCUT2D eigenvalue weighted by atomic mass is 9.76. The maximum Gasteiger partial charge on any atom is 0.407 e. The molecule has 2 atom stereocenters. The molecule has 0 saturated heterocycles. The minimum Gasteiger partial charge on any atom is -0.480 e. The smallest absolute Gasteiger partial charge is 0.407 e. The van der Waals surface area contributed by atoms with Gasteiger partial charge in [0.1, 0.15) is 18.2 Å². The van der Waals surface area contributed by atoms with Gasteiger partial charge in [0.2, 0.25) is 4.91 Å². The number of carbonyl (C=O) groups excluding carboxylic acids is 1. The van der Waals surface area contributed by atoms with Gasteiger partial charge in [0.05, 0.1) is 0 Å². The van der Waals surface area contributed by atoms with E-state index in [9.17, 15) is 14.7 Å². The van der Waals surface area contributed by atoms with Gasteiger partial charge in [-0.2, -0.15) is 0 Å². The standard InChI is InChI=1S/C26H24N4O4/c27-30-29-20-12-10-17(11-13-20)14-24(25(31)32)28-26(33)34-16-23-19-7-3-1-2-6-18(15-19)21-8-4-5-9-22(21)23/h1,3-13,23-24,27H,2,14-16H2,(H-,28,31,32,33)/p+1/b3-1?,18-6+,19-7+. The average molecular weight is 458 g/mol. The monoisotopic (exact) mass is 457 g/mol. The fourth-order valence-corrected chi connectivity index (χ4v) is 4.30. The summed E-state index contributed by atoms with van der Waals surface area (Å²) in [5, 5.41) is 15.7. The summed E-state index contributed by atoms with van der Waals surface area (Å²) in [6.07, 6.45) is 9.42. The number of nitrogens with zero attached hydrogens (tertiary/aromatic N) is 2. The van der Waals surface area contributed by atoms with Crippen molar-refractivity contribution in [1.82, 2.24) is 10.2 Å². The topological polar surface area (TPSA) is 126 Å². The summed E-state index contributed by atoms with van der Waals surface area (Å²) in [7, 11) is 0. The third-order valence-electron chi connectivity index (χ3n) is 5.98. The van der Waals surface area contributed by atoms with Gasteiger partial charge in [-0.1, -0.05) is 66.3 Å². The van der Waals surface area contributed by atoms with Crippen molar-refractivity contribution in [3.05, 3.63) is 95.1 Å². The molecule has 0 heterocycles. The van der Waals surface area contributed by atoms with E-state index in [1.54, 1.807) is 24.3 Å². The Morgan fingerprint density at radius 3 is 2.76 bits per heavy atom. The molecule has 2 aromatic rings. The number of amides is 1. The van der Waals surface area contributed by atoms with Crippen LogP contribution in [0.3, 0.4) is 0 Å². The third-order valence-corrected chi connectivity index (χ3v) is 5.98. The van der Waals surface area contributed by atoms with Crippen molar-refractivity contribution in [2.45, 2.75) is 31.2 Å². The normalized spacial score (nSPS) is 20.1. The summed E-state index contributed by atoms with van der Waals surface area (Å²) < 4.78 is 5.53. The van der Waals surface area contributed by atoms with E-state index >= 15 is 0 Å². The van der Waals surface area contributed by atoms with Crippen LogP contribution in [0, 0.1) is 5.53 Å². The van der Waals surface area contributed by atoms with Crippen molar-refractivity contribution in [2.75, 3.05) is 6.61 Å². The maximum absolute atomic E-state index is 12.5. The number of aliphatic carboxylic acids is 1. The quantitative estimate of drug-likeness (QED) is 0.397. The van der Waals surface area contributed by atoms with E-state index in [0.717, 1.165) is 24.0 Å². The van der Waals surface area contributed by atoms with Crippen LogP contribution in [0.4, 0.5) is 10.5 Å². The molecule has 4 rings (SSSR count). The van der Waals surface area contributed by atoms with E-state index in [1.807, 2.05) is 18.2 Å². The van der Waals surface area contributed by atoms with Gasteiger partial charge in [-0.3, -0.25) is 0 Å². The predicted octanol–water partition coefficient (Wildman–Crippen LogP) is 5.05. The zero-order valence-corrected chi connectivity index (χ0v) is 18.5. The number of alkyl carbamates (subject to hydrolysis) is 1. The first-order valence-corrected chi connectivity index (χ1v) is 11.0. The van der Waals surface area contributed by atoms with Crippen LogP contribution in [0.25, 0.3) is 5.57 Å². The number of carbonyl (C=O) groups is 2. The number of hydrogen-bond donors (Lipinski definition) is 3. The summed E-state index contributed by atoms with van der Waals surface area (Å²) >= 11 is 0. The Balaban J connectivity index is 1.43. The molecule has 0 aliphatic heterocycles. The van der Waals surface area contributed by atoms with Gasteiger partial charge in [-0.05, 0) is 47.2 Å². The molecular formula is C26H25N4O4+. The predicted molar refractivity (Wildman–Crippen MR) is 127 cm³/mol. The van der Waals surface area contributed by atoms with Crippen LogP contribution >= 0.6 is 0 Å². The number of rotatable bonds is 7. The van der Waals surface area contributed by atoms with Crippen molar-refractivity contribution >= 4 is 23.3 Å². The Hall–Kier alpha value is -4.29. The first kappa shape index (κ1) is 22.9. The summed E-state index contributed by atoms with van der Waals surface area (Å²) in [6, 6.07) is 13.6. The highest BCUT2D eigenvalue weighted by molar-refractivity contribution is 5.80. The fourth-order valence-electron chi connectivity index (χ4n) is 4.30. The lowest BCUT2D eigenvalue weighted by Gasteiger charge is -2.30. The van der Waals surface area contributed by atoms with Gasteiger partial charge < -0.3 is 15.2 Å². The van der Waals surface area contributed by atoms with E-state index in [0.29, 0.717) is 11.3 Å². The van der Waals surface area contributed by atoms with Gasteiger partial charge in [-0.15, -0.1) is 0 Å². The molecule has 2 bridgehead atoms. The van der Waals surface area contributed by atoms with Crippen LogP contribution in [0.2, 0.25) is 0 Å². The van der Waals surface area contributed by atoms with Gasteiger partial charge in [-0.25, -0.2) is 9.59 Å². The lowest BCUT2D eigenvalue weighted by molar-refractivity contribution is -0.139. The molecule has 0 spiro atoms. The summed E-state index contributed by atoms with van der Waals surface area (Å²) in [5.41, 5.74) is 12.7. The second-order valence-electron chi connectivity index (χ2n) is 8.16. The molecule has 2 unspecified atom stereocenters. The highest BCUT2D eigenvalue weighted by atomic mass is 16.5. The minimum atomic E-state index is -1.16. The number of ether oxygens (including phenoxy) is 1. The van der Waals surface area contributed by atoms with Crippen molar-refractivity contribution < 1.29 is 19.4 Å². The summed E-state index contributed by atoms with van der Waals surface area (Å²) in [4.78, 5) is 27.3. The van der Waals surface area contributed by atoms with Crippen LogP contribution in [-0.2, 0) is 16.0 Å². The molecule has 2 aliphatic rings. The zero-order chi connectivity index (χ0) is 23.9. The van der Waals surface area contributed by atoms with E-state index < -0.39 is 18.1 Å². The number of benzene rings is 2. The average Bonchev–Trinajstić information content (AvgIpc) is 2.82. The molecular weight excluding hydrogens is 432 g/mol. The van der Waals surface area contributed by atoms with E-state index in [1.165, 1.54) is 11.1 Å². The van der Waals surface area contributed by atoms with Crippen molar-refractivity contribution in [2.24, 2.45) is 5.11 Å². The molecule has 2 aromatic carbocycles. The maximum atomic E-state index is 12.5. The van der Waals surface area contributed by atoms with Gasteiger partial charge in [0, 0.05) is 12.3 Å². The van der Waals surface area contributed by atoms with Crippen molar-refractivity contribution in [1.29, 1.82) is 5.53 Å². The van der Waals surface area contributed by atoms with Crippen LogP contribution < -0.4 is 10.2 Å². The molecule has 2 aliphatic carbocycles. The van der Waals surface area contributed by atoms with Crippen LogP contribution in [-0.4, -0.2) is 29.8 Å². The lowest BCUT2D eigenvalue weighted by Crippen LogP contribution is -2.43. The molecule has 8 heteroatoms. The van der Waals surface area contributed by atoms with Crippen LogP contribution in [0.1, 0.15) is 35.4 Å². The van der Waals surface area contributed by atoms with E-state index in [-0.39, 0.29) is 18.9 Å². The number of allylic oxidation sites excluding steroid dienone is 5. The van der Waals surface area contributed by atoms with Crippen molar-refractivity contribution in [3.63, 3.8) is 0 Å². The Morgan fingerprint density at radius 1 is 1.21 bits per heavy atom. The molecule has 0 fully saturated rings. The Morgan fingerprint density at radius 2 is 2.00 bits per heavy atom. The van der Waals surface area contributed by atoms with Gasteiger partial charge in [0.25, 0.3) is 0 Å². The molecule has 0 radical (unpaired) electrons. The number of carboxylic acid groups (broad SMARTS) is 1. The number of fused-ring (bicyclic) bond motifs is 4. The highest BCUT2D eigenvalue weighted by Crippen LogP contribution is 2.42. The zero-order valence-electron chi connectivity index (χ0n) is 18.5. The fraction of sp³-hybridized carbons (Fsp3) is 0.231. The molecule has 34 heavy (non-hydrogen) atoms. The number of hydrogen-bond acceptors (Lipinski definition) is 5. The Bertz CT molecular complexity index is 1220. The highest BCUT2D eigenvalue weighted by Gasteiger charge is 2.29. The summed E-state index contributed by atoms with van der Waals surface area (Å²) in [5.74, 6) is -1.25. The minimum absolute atomic E-state index is 0.0824. The second kappa shape index (κ2) is 10.6. The molecule has 1 amide bonds. The van der Waals surface area contributed by atoms with Gasteiger partial charge in [0.15, 0.2) is 10.8 Å². The first-order chi connectivity index (χ1) is 16.5. The summed E-state index contributed by atoms with van der Waals surface area (Å²) in [6.45, 7) is 0.120. The SMILES string of the molecule is N=[N+]=Nc1ccc(CC(NC(=O)OCC2/C3=C/C=CC/C=C(\C3)c3ccccc32)C(=O)O)cc1. The Kier molecular flexibility index (Phi) is 7.10. The second-order valence-corrected chi connectivity index (χ2v) is 8.16. The molecule has 0 saturated carbocycles. The van der Waals surface area contributed by atoms with Crippen LogP contribution in [0.5, 0.6) is 0 Å². The molecule has 0 aromatic heterocycles. The Labute approximate surface area is 196 Å². The molecule has 8 nitrogen and oxygen atoms in total. The molecule has 172 valence electrons. The van der Waals surface area contributed by atoms with Crippen LogP contribution in [0.15, 0.2) is 83.5 Å². The van der Waals surface area contributed by atoms with Crippen molar-refractivity contribution in [3.8, 4) is 0 Å². The van der Waals surface area contributed by atoms with Gasteiger partial charge >= 0.3 is 12.1 Å². The number of carboxylic acids is 1. The number of nitrogens with one attached hydrogen (secondary N) is 2. The van der Waals surface area contributed by atoms with E-state index in [2.05, 4.69) is 45.7 Å². The van der Waals surface area contributed by atoms with E-state index in [4.69, 9.17) is 10.3 Å². The molecule has 3 N–H and O–H groups in total. The third kappa shape index (κ3) is 5.36. The largest absolute Gasteiger partial charge is 0.480 e. The first-order valence-electron chi connectivity index (χ1n) is 11.0.